The van der Waals surface area contributed by atoms with Gasteiger partial charge in [0, 0.05) is 33.8 Å². The number of rotatable bonds is 3. The van der Waals surface area contributed by atoms with Crippen LogP contribution in [0.1, 0.15) is 69.4 Å². The third-order valence-corrected chi connectivity index (χ3v) is 5.50. The van der Waals surface area contributed by atoms with Gasteiger partial charge in [0.25, 0.3) is 5.91 Å². The van der Waals surface area contributed by atoms with E-state index in [0.717, 1.165) is 39.9 Å². The average molecular weight is 412 g/mol. The normalized spacial score (nSPS) is 15.6. The van der Waals surface area contributed by atoms with Crippen molar-refractivity contribution < 1.29 is 9.90 Å². The number of alkyl halides is 1. The third-order valence-electron chi connectivity index (χ3n) is 5.31. The Morgan fingerprint density at radius 3 is 2.10 bits per heavy atom. The van der Waals surface area contributed by atoms with Gasteiger partial charge in [0.1, 0.15) is 5.75 Å². The molecule has 0 saturated heterocycles. The maximum absolute atomic E-state index is 12.7. The number of aryl methyl sites for hydroxylation is 1. The highest BCUT2D eigenvalue weighted by Gasteiger charge is 2.28. The number of hydrogen-bond donors (Lipinski definition) is 2. The van der Waals surface area contributed by atoms with Crippen LogP contribution in [0, 0.1) is 0 Å². The van der Waals surface area contributed by atoms with Crippen LogP contribution in [0.15, 0.2) is 30.3 Å². The lowest BCUT2D eigenvalue weighted by atomic mass is 9.78. The molecule has 0 aliphatic carbocycles. The van der Waals surface area contributed by atoms with Crippen molar-refractivity contribution in [2.24, 2.45) is 0 Å². The first kappa shape index (κ1) is 21.4. The molecule has 1 aliphatic heterocycles. The standard InChI is InChI=1S/C25H30ClNO2/c1-24(2,3)19-13-16(14-20(22(19)28)25(4,5)6)12-18-17-11-15(9-10-26)7-8-21(17)27-23(18)29/h7-8,11-14,28H,9-10H2,1-6H3,(H,27,29). The van der Waals surface area contributed by atoms with Crippen molar-refractivity contribution in [3.63, 3.8) is 0 Å². The second-order valence-corrected chi connectivity index (χ2v) is 10.2. The third kappa shape index (κ3) is 4.35. The first-order chi connectivity index (χ1) is 13.4. The van der Waals surface area contributed by atoms with E-state index in [0.29, 0.717) is 17.2 Å². The molecule has 1 amide bonds. The van der Waals surface area contributed by atoms with Crippen molar-refractivity contribution in [2.75, 3.05) is 11.2 Å². The number of amides is 1. The molecule has 154 valence electrons. The number of phenols is 1. The van der Waals surface area contributed by atoms with Gasteiger partial charge in [-0.3, -0.25) is 4.79 Å². The number of anilines is 1. The lowest BCUT2D eigenvalue weighted by molar-refractivity contribution is -0.110. The largest absolute Gasteiger partial charge is 0.507 e. The number of benzene rings is 2. The van der Waals surface area contributed by atoms with Crippen LogP contribution in [0.25, 0.3) is 11.6 Å². The second kappa shape index (κ2) is 7.53. The van der Waals surface area contributed by atoms with Gasteiger partial charge in [0.2, 0.25) is 0 Å². The SMILES string of the molecule is CC(C)(C)c1cc(C=C2C(=O)Nc3ccc(CCCl)cc32)cc(C(C)(C)C)c1O. The fourth-order valence-corrected chi connectivity index (χ4v) is 3.91. The average Bonchev–Trinajstić information content (AvgIpc) is 2.90. The van der Waals surface area contributed by atoms with E-state index in [1.807, 2.05) is 36.4 Å². The Hall–Kier alpha value is -2.26. The summed E-state index contributed by atoms with van der Waals surface area (Å²) in [7, 11) is 0. The monoisotopic (exact) mass is 411 g/mol. The van der Waals surface area contributed by atoms with E-state index in [2.05, 4.69) is 46.9 Å². The molecule has 0 aromatic heterocycles. The van der Waals surface area contributed by atoms with E-state index < -0.39 is 0 Å². The van der Waals surface area contributed by atoms with Crippen LogP contribution in [-0.4, -0.2) is 16.9 Å². The number of carbonyl (C=O) groups excluding carboxylic acids is 1. The van der Waals surface area contributed by atoms with E-state index in [1.165, 1.54) is 0 Å². The van der Waals surface area contributed by atoms with Crippen LogP contribution in [0.4, 0.5) is 5.69 Å². The van der Waals surface area contributed by atoms with Gasteiger partial charge in [0.15, 0.2) is 0 Å². The molecule has 3 nitrogen and oxygen atoms in total. The number of aromatic hydroxyl groups is 1. The minimum atomic E-state index is -0.220. The molecule has 0 spiro atoms. The predicted molar refractivity (Wildman–Crippen MR) is 123 cm³/mol. The smallest absolute Gasteiger partial charge is 0.256 e. The summed E-state index contributed by atoms with van der Waals surface area (Å²) < 4.78 is 0. The molecule has 1 aliphatic rings. The second-order valence-electron chi connectivity index (χ2n) is 9.80. The highest BCUT2D eigenvalue weighted by atomic mass is 35.5. The van der Waals surface area contributed by atoms with Gasteiger partial charge in [-0.05, 0) is 58.7 Å². The zero-order valence-corrected chi connectivity index (χ0v) is 18.9. The van der Waals surface area contributed by atoms with Gasteiger partial charge < -0.3 is 10.4 Å². The Morgan fingerprint density at radius 2 is 1.59 bits per heavy atom. The fourth-order valence-electron chi connectivity index (χ4n) is 3.69. The highest BCUT2D eigenvalue weighted by molar-refractivity contribution is 6.35. The Labute approximate surface area is 178 Å². The first-order valence-electron chi connectivity index (χ1n) is 10.0. The molecule has 0 saturated carbocycles. The quantitative estimate of drug-likeness (QED) is 0.462. The van der Waals surface area contributed by atoms with Crippen LogP contribution >= 0.6 is 11.6 Å². The number of carbonyl (C=O) groups is 1. The van der Waals surface area contributed by atoms with E-state index in [4.69, 9.17) is 11.6 Å². The zero-order chi connectivity index (χ0) is 21.6. The lowest BCUT2D eigenvalue weighted by Crippen LogP contribution is -2.17. The van der Waals surface area contributed by atoms with Gasteiger partial charge in [-0.15, -0.1) is 11.6 Å². The summed E-state index contributed by atoms with van der Waals surface area (Å²) in [6.45, 7) is 12.5. The molecular formula is C25H30ClNO2. The van der Waals surface area contributed by atoms with Crippen LogP contribution < -0.4 is 5.32 Å². The number of nitrogens with one attached hydrogen (secondary N) is 1. The van der Waals surface area contributed by atoms with Crippen molar-refractivity contribution in [3.8, 4) is 5.75 Å². The van der Waals surface area contributed by atoms with Crippen LogP contribution in [0.3, 0.4) is 0 Å². The zero-order valence-electron chi connectivity index (χ0n) is 18.1. The minimum Gasteiger partial charge on any atom is -0.507 e. The maximum atomic E-state index is 12.7. The van der Waals surface area contributed by atoms with Crippen molar-refractivity contribution in [1.29, 1.82) is 0 Å². The van der Waals surface area contributed by atoms with Crippen molar-refractivity contribution >= 4 is 34.8 Å². The van der Waals surface area contributed by atoms with Gasteiger partial charge in [-0.1, -0.05) is 47.6 Å². The minimum absolute atomic E-state index is 0.106. The molecule has 0 atom stereocenters. The first-order valence-corrected chi connectivity index (χ1v) is 10.6. The summed E-state index contributed by atoms with van der Waals surface area (Å²) >= 11 is 5.90. The number of halogens is 1. The molecule has 2 aromatic carbocycles. The summed E-state index contributed by atoms with van der Waals surface area (Å²) in [6.07, 6.45) is 2.69. The summed E-state index contributed by atoms with van der Waals surface area (Å²) in [6, 6.07) is 9.96. The van der Waals surface area contributed by atoms with E-state index >= 15 is 0 Å². The molecule has 2 aromatic rings. The topological polar surface area (TPSA) is 49.3 Å². The van der Waals surface area contributed by atoms with E-state index in [9.17, 15) is 9.90 Å². The van der Waals surface area contributed by atoms with E-state index in [1.54, 1.807) is 0 Å². The van der Waals surface area contributed by atoms with E-state index in [-0.39, 0.29) is 16.7 Å². The molecule has 0 radical (unpaired) electrons. The number of hydrogen-bond acceptors (Lipinski definition) is 2. The van der Waals surface area contributed by atoms with Crippen LogP contribution in [0.2, 0.25) is 0 Å². The van der Waals surface area contributed by atoms with Crippen LogP contribution in [-0.2, 0) is 22.0 Å². The Balaban J connectivity index is 2.19. The predicted octanol–water partition coefficient (Wildman–Crippen LogP) is 6.26. The summed E-state index contributed by atoms with van der Waals surface area (Å²) in [5.74, 6) is 0.777. The van der Waals surface area contributed by atoms with Gasteiger partial charge in [-0.25, -0.2) is 0 Å². The molecule has 2 N–H and O–H groups in total. The molecule has 1 heterocycles. The molecule has 3 rings (SSSR count). The van der Waals surface area contributed by atoms with Crippen molar-refractivity contribution in [2.45, 2.75) is 58.8 Å². The highest BCUT2D eigenvalue weighted by Crippen LogP contribution is 2.41. The van der Waals surface area contributed by atoms with Crippen molar-refractivity contribution in [3.05, 3.63) is 58.1 Å². The molecule has 29 heavy (non-hydrogen) atoms. The molecule has 0 fully saturated rings. The molecular weight excluding hydrogens is 382 g/mol. The Morgan fingerprint density at radius 1 is 1.00 bits per heavy atom. The summed E-state index contributed by atoms with van der Waals surface area (Å²) in [5.41, 5.74) is 5.71. The van der Waals surface area contributed by atoms with Crippen LogP contribution in [0.5, 0.6) is 5.75 Å². The summed E-state index contributed by atoms with van der Waals surface area (Å²) in [5, 5.41) is 13.9. The molecule has 0 unspecified atom stereocenters. The molecule has 0 bridgehead atoms. The van der Waals surface area contributed by atoms with Gasteiger partial charge in [0.05, 0.1) is 0 Å². The molecule has 4 heteroatoms. The maximum Gasteiger partial charge on any atom is 0.256 e. The summed E-state index contributed by atoms with van der Waals surface area (Å²) in [4.78, 5) is 12.7. The Bertz CT molecular complexity index is 956. The Kier molecular flexibility index (Phi) is 5.57. The van der Waals surface area contributed by atoms with Gasteiger partial charge >= 0.3 is 0 Å². The van der Waals surface area contributed by atoms with Gasteiger partial charge in [-0.2, -0.15) is 0 Å². The number of fused-ring (bicyclic) bond motifs is 1. The lowest BCUT2D eigenvalue weighted by Gasteiger charge is -2.28. The number of phenolic OH excluding ortho intramolecular Hbond substituents is 1. The fraction of sp³-hybridized carbons (Fsp3) is 0.400. The van der Waals surface area contributed by atoms with Crippen molar-refractivity contribution in [1.82, 2.24) is 0 Å².